The van der Waals surface area contributed by atoms with Crippen molar-refractivity contribution in [3.05, 3.63) is 48.4 Å². The first-order valence-corrected chi connectivity index (χ1v) is 8.07. The second kappa shape index (κ2) is 7.32. The third-order valence-electron chi connectivity index (χ3n) is 3.90. The highest BCUT2D eigenvalue weighted by Crippen LogP contribution is 2.26. The van der Waals surface area contributed by atoms with Crippen molar-refractivity contribution in [2.45, 2.75) is 0 Å². The van der Waals surface area contributed by atoms with Crippen LogP contribution in [0.4, 0.5) is 4.79 Å². The molecule has 0 atom stereocenters. The second-order valence-corrected chi connectivity index (χ2v) is 6.07. The quantitative estimate of drug-likeness (QED) is 0.727. The Morgan fingerprint density at radius 1 is 1.23 bits per heavy atom. The lowest BCUT2D eigenvalue weighted by molar-refractivity contribution is 0.0692. The fourth-order valence-corrected chi connectivity index (χ4v) is 2.61. The molecule has 3 rings (SSSR count). The molecule has 134 valence electrons. The Labute approximate surface area is 150 Å². The van der Waals surface area contributed by atoms with E-state index in [1.165, 1.54) is 0 Å². The number of benzene rings is 1. The number of carbonyl (C=O) groups is 2. The van der Waals surface area contributed by atoms with Gasteiger partial charge in [0.25, 0.3) is 0 Å². The van der Waals surface area contributed by atoms with Gasteiger partial charge >= 0.3 is 12.0 Å². The van der Waals surface area contributed by atoms with E-state index in [0.29, 0.717) is 24.0 Å². The summed E-state index contributed by atoms with van der Waals surface area (Å²) < 4.78 is 1.10. The van der Waals surface area contributed by atoms with Crippen LogP contribution in [0.25, 0.3) is 22.0 Å². The normalized spacial score (nSPS) is 11.0. The number of pyridine rings is 1. The molecule has 0 radical (unpaired) electrons. The number of hydrogen-bond donors (Lipinski definition) is 2. The van der Waals surface area contributed by atoms with Gasteiger partial charge in [0.2, 0.25) is 0 Å². The predicted molar refractivity (Wildman–Crippen MR) is 97.3 cm³/mol. The lowest BCUT2D eigenvalue weighted by Crippen LogP contribution is -2.34. The zero-order valence-corrected chi connectivity index (χ0v) is 14.5. The number of likely N-dealkylation sites (N-methyl/N-ethyl adjacent to an activating group) is 1. The summed E-state index contributed by atoms with van der Waals surface area (Å²) in [5, 5.41) is 16.6. The molecule has 3 aromatic rings. The van der Waals surface area contributed by atoms with Gasteiger partial charge in [0.1, 0.15) is 0 Å². The van der Waals surface area contributed by atoms with E-state index < -0.39 is 12.0 Å². The molecule has 2 N–H and O–H groups in total. The molecule has 2 heterocycles. The molecule has 0 spiro atoms. The maximum Gasteiger partial charge on any atom is 0.357 e. The molecular weight excluding hydrogens is 334 g/mol. The Morgan fingerprint density at radius 3 is 2.69 bits per heavy atom. The van der Waals surface area contributed by atoms with E-state index in [1.54, 1.807) is 30.6 Å². The van der Waals surface area contributed by atoms with E-state index in [-0.39, 0.29) is 5.69 Å². The predicted octanol–water partition coefficient (Wildman–Crippen LogP) is 1.92. The molecule has 26 heavy (non-hydrogen) atoms. The number of fused-ring (bicyclic) bond motifs is 1. The van der Waals surface area contributed by atoms with Gasteiger partial charge in [-0.15, -0.1) is 0 Å². The van der Waals surface area contributed by atoms with E-state index in [9.17, 15) is 14.7 Å². The largest absolute Gasteiger partial charge is 0.476 e. The highest BCUT2D eigenvalue weighted by Gasteiger charge is 2.20. The Morgan fingerprint density at radius 2 is 2.04 bits per heavy atom. The van der Waals surface area contributed by atoms with Crippen LogP contribution < -0.4 is 5.32 Å². The summed E-state index contributed by atoms with van der Waals surface area (Å²) in [5.74, 6) is -1.18. The first-order valence-electron chi connectivity index (χ1n) is 8.07. The summed E-state index contributed by atoms with van der Waals surface area (Å²) in [6, 6.07) is 8.45. The number of hydrogen-bond acceptors (Lipinski definition) is 5. The molecule has 0 unspecified atom stereocenters. The smallest absolute Gasteiger partial charge is 0.357 e. The van der Waals surface area contributed by atoms with Crippen LogP contribution in [0.3, 0.4) is 0 Å². The minimum Gasteiger partial charge on any atom is -0.476 e. The van der Waals surface area contributed by atoms with Crippen molar-refractivity contribution in [2.75, 3.05) is 27.2 Å². The first kappa shape index (κ1) is 17.6. The van der Waals surface area contributed by atoms with Crippen molar-refractivity contribution in [1.29, 1.82) is 0 Å². The third kappa shape index (κ3) is 3.55. The molecule has 1 aromatic carbocycles. The van der Waals surface area contributed by atoms with Crippen LogP contribution >= 0.6 is 0 Å². The van der Waals surface area contributed by atoms with Gasteiger partial charge in [0.05, 0.1) is 5.52 Å². The zero-order valence-electron chi connectivity index (χ0n) is 14.5. The lowest BCUT2D eigenvalue weighted by atomic mass is 10.0. The zero-order chi connectivity index (χ0) is 18.7. The van der Waals surface area contributed by atoms with Crippen LogP contribution in [0.1, 0.15) is 10.5 Å². The number of carboxylic acid groups (broad SMARTS) is 1. The summed E-state index contributed by atoms with van der Waals surface area (Å²) in [7, 11) is 3.80. The van der Waals surface area contributed by atoms with Gasteiger partial charge in [-0.2, -0.15) is 9.78 Å². The van der Waals surface area contributed by atoms with E-state index in [1.807, 2.05) is 31.1 Å². The fraction of sp³-hybridized carbons (Fsp3) is 0.222. The van der Waals surface area contributed by atoms with Crippen LogP contribution in [0.15, 0.2) is 42.7 Å². The standard InChI is InChI=1S/C18H19N5O3/c1-22(2)9-8-20-18(26)23-15-6-5-12(13-4-3-7-19-11-13)10-14(15)16(21-23)17(24)25/h3-7,10-11H,8-9H2,1-2H3,(H,20,26)(H,24,25). The molecule has 0 aliphatic rings. The molecular formula is C18H19N5O3. The van der Waals surface area contributed by atoms with Crippen LogP contribution in [0.2, 0.25) is 0 Å². The summed E-state index contributed by atoms with van der Waals surface area (Å²) in [4.78, 5) is 30.0. The molecule has 2 aromatic heterocycles. The SMILES string of the molecule is CN(C)CCNC(=O)n1nc(C(=O)O)c2cc(-c3cccnc3)ccc21. The summed E-state index contributed by atoms with van der Waals surface area (Å²) in [6.45, 7) is 1.10. The van der Waals surface area contributed by atoms with Crippen molar-refractivity contribution in [3.8, 4) is 11.1 Å². The van der Waals surface area contributed by atoms with Crippen molar-refractivity contribution in [3.63, 3.8) is 0 Å². The topological polar surface area (TPSA) is 100 Å². The van der Waals surface area contributed by atoms with Crippen molar-refractivity contribution < 1.29 is 14.7 Å². The third-order valence-corrected chi connectivity index (χ3v) is 3.90. The average Bonchev–Trinajstić information content (AvgIpc) is 3.01. The molecule has 0 fully saturated rings. The van der Waals surface area contributed by atoms with Gasteiger partial charge in [-0.1, -0.05) is 12.1 Å². The highest BCUT2D eigenvalue weighted by molar-refractivity contribution is 6.05. The Balaban J connectivity index is 2.01. The number of aromatic carboxylic acids is 1. The van der Waals surface area contributed by atoms with Crippen molar-refractivity contribution in [1.82, 2.24) is 25.0 Å². The number of aromatic nitrogens is 3. The van der Waals surface area contributed by atoms with Gasteiger partial charge in [-0.05, 0) is 37.9 Å². The Bertz CT molecular complexity index is 950. The monoisotopic (exact) mass is 353 g/mol. The summed E-state index contributed by atoms with van der Waals surface area (Å²) in [6.07, 6.45) is 3.36. The number of rotatable bonds is 5. The summed E-state index contributed by atoms with van der Waals surface area (Å²) in [5.41, 5.74) is 1.94. The van der Waals surface area contributed by atoms with Crippen LogP contribution in [0, 0.1) is 0 Å². The number of carbonyl (C=O) groups excluding carboxylic acids is 1. The van der Waals surface area contributed by atoms with Crippen molar-refractivity contribution in [2.24, 2.45) is 0 Å². The molecule has 0 saturated heterocycles. The maximum atomic E-state index is 12.4. The lowest BCUT2D eigenvalue weighted by Gasteiger charge is -2.10. The maximum absolute atomic E-state index is 12.4. The molecule has 0 saturated carbocycles. The Kier molecular flexibility index (Phi) is 4.94. The molecule has 0 aliphatic carbocycles. The van der Waals surface area contributed by atoms with Crippen molar-refractivity contribution >= 4 is 22.9 Å². The summed E-state index contributed by atoms with van der Waals surface area (Å²) >= 11 is 0. The molecule has 0 bridgehead atoms. The van der Waals surface area contributed by atoms with Gasteiger partial charge < -0.3 is 15.3 Å². The average molecular weight is 353 g/mol. The van der Waals surface area contributed by atoms with Gasteiger partial charge in [0.15, 0.2) is 5.69 Å². The van der Waals surface area contributed by atoms with E-state index in [0.717, 1.165) is 15.8 Å². The van der Waals surface area contributed by atoms with E-state index >= 15 is 0 Å². The van der Waals surface area contributed by atoms with Gasteiger partial charge in [-0.25, -0.2) is 9.59 Å². The minimum atomic E-state index is -1.18. The number of carboxylic acids is 1. The molecule has 1 amide bonds. The van der Waals surface area contributed by atoms with E-state index in [4.69, 9.17) is 0 Å². The van der Waals surface area contributed by atoms with Crippen LogP contribution in [0.5, 0.6) is 0 Å². The molecule has 8 nitrogen and oxygen atoms in total. The van der Waals surface area contributed by atoms with Gasteiger partial charge in [0, 0.05) is 36.4 Å². The minimum absolute atomic E-state index is 0.159. The first-order chi connectivity index (χ1) is 12.5. The number of nitrogens with one attached hydrogen (secondary N) is 1. The Hall–Kier alpha value is -3.26. The van der Waals surface area contributed by atoms with Gasteiger partial charge in [-0.3, -0.25) is 4.98 Å². The number of amides is 1. The second-order valence-electron chi connectivity index (χ2n) is 6.07. The van der Waals surface area contributed by atoms with Crippen LogP contribution in [-0.2, 0) is 0 Å². The fourth-order valence-electron chi connectivity index (χ4n) is 2.61. The number of nitrogens with zero attached hydrogens (tertiary/aromatic N) is 4. The molecule has 0 aliphatic heterocycles. The van der Waals surface area contributed by atoms with Crippen LogP contribution in [-0.4, -0.2) is 64.0 Å². The van der Waals surface area contributed by atoms with E-state index in [2.05, 4.69) is 15.4 Å². The molecule has 8 heteroatoms. The highest BCUT2D eigenvalue weighted by atomic mass is 16.4.